The van der Waals surface area contributed by atoms with Crippen molar-refractivity contribution in [3.05, 3.63) is 6.33 Å². The number of fused-ring (bicyclic) bond motifs is 1. The summed E-state index contributed by atoms with van der Waals surface area (Å²) in [6, 6.07) is 0. The van der Waals surface area contributed by atoms with Crippen LogP contribution in [0, 0.1) is 5.92 Å². The third-order valence-corrected chi connectivity index (χ3v) is 3.60. The van der Waals surface area contributed by atoms with Crippen LogP contribution in [0.15, 0.2) is 11.5 Å². The number of nitrogens with zero attached hydrogens (tertiary/aromatic N) is 4. The number of hydrogen-bond acceptors (Lipinski definition) is 7. The molecular formula is C16H29N5O2S. The molecule has 2 N–H and O–H groups in total. The Morgan fingerprint density at radius 1 is 1.38 bits per heavy atom. The minimum atomic E-state index is -0.0833. The molecule has 0 spiro atoms. The topological polar surface area (TPSA) is 95.9 Å². The molecule has 0 aliphatic heterocycles. The molecule has 0 unspecified atom stereocenters. The van der Waals surface area contributed by atoms with Gasteiger partial charge in [0, 0.05) is 7.05 Å². The summed E-state index contributed by atoms with van der Waals surface area (Å²) >= 11 is 1.47. The minimum absolute atomic E-state index is 0.0601. The number of aromatic nitrogens is 4. The van der Waals surface area contributed by atoms with Gasteiger partial charge in [-0.1, -0.05) is 39.5 Å². The number of anilines is 1. The lowest BCUT2D eigenvalue weighted by atomic mass is 10.1. The maximum atomic E-state index is 10.8. The molecule has 7 nitrogen and oxygen atoms in total. The Morgan fingerprint density at radius 3 is 2.50 bits per heavy atom. The molecule has 1 atom stereocenters. The highest BCUT2D eigenvalue weighted by Crippen LogP contribution is 2.18. The smallest absolute Gasteiger partial charge is 0.308 e. The van der Waals surface area contributed by atoms with E-state index in [2.05, 4.69) is 15.0 Å². The van der Waals surface area contributed by atoms with Gasteiger partial charge in [0.15, 0.2) is 16.6 Å². The molecule has 136 valence electrons. The van der Waals surface area contributed by atoms with Gasteiger partial charge in [0.1, 0.15) is 5.52 Å². The highest BCUT2D eigenvalue weighted by Gasteiger charge is 2.09. The highest BCUT2D eigenvalue weighted by atomic mass is 32.2. The summed E-state index contributed by atoms with van der Waals surface area (Å²) < 4.78 is 6.58. The fraction of sp³-hybridized carbons (Fsp3) is 0.625. The SMILES string of the molecule is CC.CCOC(=O)[C@H](C)CC.CSc1nc(N)c2ncn(C)c2n1. The molecule has 0 bridgehead atoms. The van der Waals surface area contributed by atoms with Crippen LogP contribution in [-0.4, -0.2) is 38.4 Å². The summed E-state index contributed by atoms with van der Waals surface area (Å²) in [6.07, 6.45) is 4.45. The maximum Gasteiger partial charge on any atom is 0.308 e. The van der Waals surface area contributed by atoms with Gasteiger partial charge in [-0.2, -0.15) is 0 Å². The van der Waals surface area contributed by atoms with Crippen LogP contribution in [0.5, 0.6) is 0 Å². The van der Waals surface area contributed by atoms with Crippen molar-refractivity contribution < 1.29 is 9.53 Å². The highest BCUT2D eigenvalue weighted by molar-refractivity contribution is 7.98. The van der Waals surface area contributed by atoms with Gasteiger partial charge in [-0.05, 0) is 19.6 Å². The van der Waals surface area contributed by atoms with Gasteiger partial charge in [0.05, 0.1) is 18.9 Å². The largest absolute Gasteiger partial charge is 0.466 e. The molecule has 2 rings (SSSR count). The molecule has 0 saturated carbocycles. The average molecular weight is 356 g/mol. The second-order valence-corrected chi connectivity index (χ2v) is 5.46. The first-order valence-corrected chi connectivity index (χ1v) is 9.32. The average Bonchev–Trinajstić information content (AvgIpc) is 2.98. The molecule has 0 radical (unpaired) electrons. The van der Waals surface area contributed by atoms with E-state index in [0.717, 1.165) is 12.1 Å². The van der Waals surface area contributed by atoms with Crippen LogP contribution in [0.3, 0.4) is 0 Å². The number of thioether (sulfide) groups is 1. The zero-order chi connectivity index (χ0) is 18.7. The van der Waals surface area contributed by atoms with Crippen LogP contribution < -0.4 is 5.73 Å². The number of aryl methyl sites for hydroxylation is 1. The Bertz CT molecular complexity index is 630. The Balaban J connectivity index is 0.000000426. The van der Waals surface area contributed by atoms with Gasteiger partial charge >= 0.3 is 5.97 Å². The molecule has 0 amide bonds. The summed E-state index contributed by atoms with van der Waals surface area (Å²) in [5, 5.41) is 0.675. The quantitative estimate of drug-likeness (QED) is 0.510. The standard InChI is InChI=1S/C7H9N5S.C7H14O2.C2H6/c1-12-3-9-4-5(8)10-7(13-2)11-6(4)12;1-4-6(3)7(8)9-5-2;1-2/h3H,1-2H3,(H2,8,10,11);6H,4-5H2,1-3H3;1-2H3/t;6-;/m.1./s1. The molecular weight excluding hydrogens is 326 g/mol. The fourth-order valence-electron chi connectivity index (χ4n) is 1.55. The number of nitrogens with two attached hydrogens (primary N) is 1. The summed E-state index contributed by atoms with van der Waals surface area (Å²) in [6.45, 7) is 10.2. The Labute approximate surface area is 148 Å². The molecule has 0 aliphatic carbocycles. The van der Waals surface area contributed by atoms with Crippen LogP contribution in [0.1, 0.15) is 41.0 Å². The lowest BCUT2D eigenvalue weighted by Crippen LogP contribution is -2.13. The van der Waals surface area contributed by atoms with Gasteiger partial charge < -0.3 is 15.0 Å². The van der Waals surface area contributed by atoms with E-state index in [1.807, 2.05) is 52.5 Å². The molecule has 0 saturated heterocycles. The summed E-state index contributed by atoms with van der Waals surface area (Å²) in [5.41, 5.74) is 7.15. The fourth-order valence-corrected chi connectivity index (χ4v) is 1.92. The second kappa shape index (κ2) is 11.7. The van der Waals surface area contributed by atoms with E-state index < -0.39 is 0 Å². The minimum Gasteiger partial charge on any atom is -0.466 e. The van der Waals surface area contributed by atoms with Gasteiger partial charge in [-0.25, -0.2) is 15.0 Å². The molecule has 8 heteroatoms. The molecule has 0 aromatic carbocycles. The number of nitrogen functional groups attached to an aromatic ring is 1. The molecule has 0 fully saturated rings. The molecule has 0 aliphatic rings. The summed E-state index contributed by atoms with van der Waals surface area (Å²) in [4.78, 5) is 23.2. The van der Waals surface area contributed by atoms with Crippen molar-refractivity contribution in [3.63, 3.8) is 0 Å². The lowest BCUT2D eigenvalue weighted by Gasteiger charge is -2.05. The van der Waals surface area contributed by atoms with Crippen LogP contribution >= 0.6 is 11.8 Å². The molecule has 24 heavy (non-hydrogen) atoms. The van der Waals surface area contributed by atoms with Crippen LogP contribution in [0.2, 0.25) is 0 Å². The first kappa shape index (κ1) is 22.2. The Hall–Kier alpha value is -1.83. The molecule has 2 heterocycles. The first-order chi connectivity index (χ1) is 11.4. The van der Waals surface area contributed by atoms with E-state index in [4.69, 9.17) is 10.5 Å². The van der Waals surface area contributed by atoms with Gasteiger partial charge in [0.25, 0.3) is 0 Å². The van der Waals surface area contributed by atoms with Crippen LogP contribution in [0.4, 0.5) is 5.82 Å². The third-order valence-electron chi connectivity index (χ3n) is 3.05. The zero-order valence-corrected chi connectivity index (χ0v) is 16.5. The number of carbonyl (C=O) groups excluding carboxylic acids is 1. The normalized spacial score (nSPS) is 11.0. The first-order valence-electron chi connectivity index (χ1n) is 8.09. The van der Waals surface area contributed by atoms with Crippen molar-refractivity contribution in [2.45, 2.75) is 46.2 Å². The van der Waals surface area contributed by atoms with E-state index in [0.29, 0.717) is 23.1 Å². The predicted molar refractivity (Wildman–Crippen MR) is 99.9 cm³/mol. The number of imidazole rings is 1. The third kappa shape index (κ3) is 6.35. The number of ether oxygens (including phenoxy) is 1. The monoisotopic (exact) mass is 355 g/mol. The van der Waals surface area contributed by atoms with Crippen molar-refractivity contribution in [2.75, 3.05) is 18.6 Å². The van der Waals surface area contributed by atoms with Crippen molar-refractivity contribution in [1.82, 2.24) is 19.5 Å². The van der Waals surface area contributed by atoms with E-state index in [1.165, 1.54) is 11.8 Å². The van der Waals surface area contributed by atoms with Gasteiger partial charge in [-0.15, -0.1) is 0 Å². The zero-order valence-electron chi connectivity index (χ0n) is 15.7. The Kier molecular flexibility index (Phi) is 10.8. The molecule has 2 aromatic heterocycles. The summed E-state index contributed by atoms with van der Waals surface area (Å²) in [5.74, 6) is 0.417. The van der Waals surface area contributed by atoms with Crippen LogP contribution in [-0.2, 0) is 16.6 Å². The van der Waals surface area contributed by atoms with Crippen molar-refractivity contribution in [1.29, 1.82) is 0 Å². The lowest BCUT2D eigenvalue weighted by molar-refractivity contribution is -0.147. The number of esters is 1. The van der Waals surface area contributed by atoms with Crippen molar-refractivity contribution >= 4 is 34.7 Å². The second-order valence-electron chi connectivity index (χ2n) is 4.68. The molecule has 2 aromatic rings. The predicted octanol–water partition coefficient (Wildman–Crippen LogP) is 3.29. The van der Waals surface area contributed by atoms with E-state index in [-0.39, 0.29) is 11.9 Å². The van der Waals surface area contributed by atoms with Crippen molar-refractivity contribution in [3.8, 4) is 0 Å². The number of carbonyl (C=O) groups is 1. The van der Waals surface area contributed by atoms with Crippen LogP contribution in [0.25, 0.3) is 11.2 Å². The number of rotatable bonds is 4. The number of hydrogen-bond donors (Lipinski definition) is 1. The summed E-state index contributed by atoms with van der Waals surface area (Å²) in [7, 11) is 1.88. The van der Waals surface area contributed by atoms with Crippen molar-refractivity contribution in [2.24, 2.45) is 13.0 Å². The van der Waals surface area contributed by atoms with E-state index in [9.17, 15) is 4.79 Å². The van der Waals surface area contributed by atoms with E-state index in [1.54, 1.807) is 6.33 Å². The van der Waals surface area contributed by atoms with Gasteiger partial charge in [-0.3, -0.25) is 4.79 Å². The van der Waals surface area contributed by atoms with Gasteiger partial charge in [0.2, 0.25) is 0 Å². The maximum absolute atomic E-state index is 10.8. The Morgan fingerprint density at radius 2 is 2.00 bits per heavy atom. The van der Waals surface area contributed by atoms with E-state index >= 15 is 0 Å².